The highest BCUT2D eigenvalue weighted by molar-refractivity contribution is 6.05. The standard InChI is InChI=1S/C16H22N2O3/c19-11-9-14-8-4-5-10-18(14)12-15(20)17-16(21)13-6-2-1-3-7-13/h1-3,6-7,14,19H,4-5,8-12H2,(H,17,20,21). The molecular formula is C16H22N2O3. The first-order valence-electron chi connectivity index (χ1n) is 7.45. The van der Waals surface area contributed by atoms with E-state index in [4.69, 9.17) is 5.11 Å². The van der Waals surface area contributed by atoms with Crippen molar-refractivity contribution in [1.82, 2.24) is 10.2 Å². The number of carbonyl (C=O) groups is 2. The van der Waals surface area contributed by atoms with Crippen LogP contribution in [0.3, 0.4) is 0 Å². The molecular weight excluding hydrogens is 268 g/mol. The number of aliphatic hydroxyl groups is 1. The van der Waals surface area contributed by atoms with Crippen LogP contribution in [0.15, 0.2) is 30.3 Å². The van der Waals surface area contributed by atoms with Gasteiger partial charge in [0.2, 0.25) is 5.91 Å². The fraction of sp³-hybridized carbons (Fsp3) is 0.500. The molecule has 1 saturated heterocycles. The first-order valence-corrected chi connectivity index (χ1v) is 7.45. The first kappa shape index (κ1) is 15.7. The van der Waals surface area contributed by atoms with E-state index in [1.54, 1.807) is 24.3 Å². The van der Waals surface area contributed by atoms with Gasteiger partial charge in [-0.3, -0.25) is 19.8 Å². The van der Waals surface area contributed by atoms with Gasteiger partial charge < -0.3 is 5.11 Å². The van der Waals surface area contributed by atoms with E-state index in [2.05, 4.69) is 10.2 Å². The van der Waals surface area contributed by atoms with Gasteiger partial charge in [-0.25, -0.2) is 0 Å². The molecule has 1 aromatic carbocycles. The molecule has 1 heterocycles. The van der Waals surface area contributed by atoms with Crippen molar-refractivity contribution in [3.8, 4) is 0 Å². The molecule has 0 aromatic heterocycles. The van der Waals surface area contributed by atoms with Crippen LogP contribution in [-0.4, -0.2) is 47.6 Å². The molecule has 0 spiro atoms. The fourth-order valence-electron chi connectivity index (χ4n) is 2.76. The molecule has 1 atom stereocenters. The third-order valence-corrected chi connectivity index (χ3v) is 3.85. The molecule has 2 amide bonds. The van der Waals surface area contributed by atoms with E-state index in [0.29, 0.717) is 12.0 Å². The van der Waals surface area contributed by atoms with Crippen LogP contribution in [0.25, 0.3) is 0 Å². The lowest BCUT2D eigenvalue weighted by atomic mass is 9.99. The van der Waals surface area contributed by atoms with Crippen LogP contribution in [0.1, 0.15) is 36.0 Å². The quantitative estimate of drug-likeness (QED) is 0.854. The van der Waals surface area contributed by atoms with Crippen LogP contribution < -0.4 is 5.32 Å². The van der Waals surface area contributed by atoms with Crippen molar-refractivity contribution in [2.45, 2.75) is 31.7 Å². The number of nitrogens with one attached hydrogen (secondary N) is 1. The Morgan fingerprint density at radius 2 is 2.00 bits per heavy atom. The van der Waals surface area contributed by atoms with Gasteiger partial charge in [0.15, 0.2) is 0 Å². The third-order valence-electron chi connectivity index (χ3n) is 3.85. The number of piperidine rings is 1. The van der Waals surface area contributed by atoms with E-state index in [9.17, 15) is 9.59 Å². The van der Waals surface area contributed by atoms with Crippen molar-refractivity contribution >= 4 is 11.8 Å². The molecule has 1 unspecified atom stereocenters. The highest BCUT2D eigenvalue weighted by Gasteiger charge is 2.24. The lowest BCUT2D eigenvalue weighted by molar-refractivity contribution is -0.122. The Hall–Kier alpha value is -1.72. The number of hydrogen-bond acceptors (Lipinski definition) is 4. The van der Waals surface area contributed by atoms with Gasteiger partial charge in [-0.2, -0.15) is 0 Å². The smallest absolute Gasteiger partial charge is 0.257 e. The van der Waals surface area contributed by atoms with Crippen LogP contribution in [-0.2, 0) is 4.79 Å². The second kappa shape index (κ2) is 7.90. The Balaban J connectivity index is 1.87. The Kier molecular flexibility index (Phi) is 5.90. The molecule has 0 aliphatic carbocycles. The van der Waals surface area contributed by atoms with Crippen LogP contribution >= 0.6 is 0 Å². The number of nitrogens with zero attached hydrogens (tertiary/aromatic N) is 1. The van der Waals surface area contributed by atoms with Gasteiger partial charge in [0.25, 0.3) is 5.91 Å². The minimum absolute atomic E-state index is 0.131. The first-order chi connectivity index (χ1) is 10.2. The van der Waals surface area contributed by atoms with Crippen molar-refractivity contribution in [3.63, 3.8) is 0 Å². The van der Waals surface area contributed by atoms with Crippen LogP contribution in [0.4, 0.5) is 0 Å². The molecule has 1 fully saturated rings. The van der Waals surface area contributed by atoms with Gasteiger partial charge in [-0.05, 0) is 37.9 Å². The molecule has 0 radical (unpaired) electrons. The predicted octanol–water partition coefficient (Wildman–Crippen LogP) is 1.18. The number of imide groups is 1. The largest absolute Gasteiger partial charge is 0.396 e. The average molecular weight is 290 g/mol. The van der Waals surface area contributed by atoms with E-state index in [0.717, 1.165) is 25.8 Å². The van der Waals surface area contributed by atoms with Crippen molar-refractivity contribution in [3.05, 3.63) is 35.9 Å². The minimum Gasteiger partial charge on any atom is -0.396 e. The predicted molar refractivity (Wildman–Crippen MR) is 79.8 cm³/mol. The normalized spacial score (nSPS) is 19.2. The van der Waals surface area contributed by atoms with Crippen molar-refractivity contribution in [2.24, 2.45) is 0 Å². The molecule has 5 heteroatoms. The van der Waals surface area contributed by atoms with Crippen LogP contribution in [0.5, 0.6) is 0 Å². The fourth-order valence-corrected chi connectivity index (χ4v) is 2.76. The van der Waals surface area contributed by atoms with Gasteiger partial charge in [0.05, 0.1) is 6.54 Å². The Morgan fingerprint density at radius 1 is 1.24 bits per heavy atom. The number of carbonyl (C=O) groups excluding carboxylic acids is 2. The number of aliphatic hydroxyl groups excluding tert-OH is 1. The number of benzene rings is 1. The van der Waals surface area contributed by atoms with E-state index in [1.807, 2.05) is 6.07 Å². The van der Waals surface area contributed by atoms with Crippen molar-refractivity contribution in [2.75, 3.05) is 19.7 Å². The molecule has 1 aliphatic heterocycles. The summed E-state index contributed by atoms with van der Waals surface area (Å²) in [5.74, 6) is -0.648. The molecule has 114 valence electrons. The zero-order chi connectivity index (χ0) is 15.1. The third kappa shape index (κ3) is 4.65. The molecule has 5 nitrogen and oxygen atoms in total. The zero-order valence-electron chi connectivity index (χ0n) is 12.1. The van der Waals surface area contributed by atoms with Crippen LogP contribution in [0, 0.1) is 0 Å². The summed E-state index contributed by atoms with van der Waals surface area (Å²) in [5.41, 5.74) is 0.483. The van der Waals surface area contributed by atoms with Gasteiger partial charge >= 0.3 is 0 Å². The minimum atomic E-state index is -0.365. The second-order valence-electron chi connectivity index (χ2n) is 5.38. The Labute approximate surface area is 125 Å². The molecule has 1 aliphatic rings. The van der Waals surface area contributed by atoms with Gasteiger partial charge in [-0.1, -0.05) is 24.6 Å². The summed E-state index contributed by atoms with van der Waals surface area (Å²) in [4.78, 5) is 26.0. The van der Waals surface area contributed by atoms with E-state index >= 15 is 0 Å². The number of hydrogen-bond donors (Lipinski definition) is 2. The number of amides is 2. The summed E-state index contributed by atoms with van der Waals surface area (Å²) in [6.07, 6.45) is 3.87. The lowest BCUT2D eigenvalue weighted by Crippen LogP contribution is -2.47. The van der Waals surface area contributed by atoms with Gasteiger partial charge in [0, 0.05) is 18.2 Å². The topological polar surface area (TPSA) is 69.6 Å². The molecule has 0 saturated carbocycles. The highest BCUT2D eigenvalue weighted by atomic mass is 16.3. The maximum atomic E-state index is 12.0. The van der Waals surface area contributed by atoms with Gasteiger partial charge in [-0.15, -0.1) is 0 Å². The molecule has 21 heavy (non-hydrogen) atoms. The lowest BCUT2D eigenvalue weighted by Gasteiger charge is -2.34. The number of likely N-dealkylation sites (tertiary alicyclic amines) is 1. The average Bonchev–Trinajstić information content (AvgIpc) is 2.50. The second-order valence-corrected chi connectivity index (χ2v) is 5.38. The Morgan fingerprint density at radius 3 is 2.71 bits per heavy atom. The van der Waals surface area contributed by atoms with Crippen molar-refractivity contribution < 1.29 is 14.7 Å². The monoisotopic (exact) mass is 290 g/mol. The van der Waals surface area contributed by atoms with E-state index < -0.39 is 0 Å². The highest BCUT2D eigenvalue weighted by Crippen LogP contribution is 2.18. The maximum absolute atomic E-state index is 12.0. The summed E-state index contributed by atoms with van der Waals surface area (Å²) >= 11 is 0. The molecule has 2 rings (SSSR count). The molecule has 2 N–H and O–H groups in total. The summed E-state index contributed by atoms with van der Waals surface area (Å²) in [6.45, 7) is 1.19. The van der Waals surface area contributed by atoms with E-state index in [-0.39, 0.29) is 31.0 Å². The summed E-state index contributed by atoms with van der Waals surface area (Å²) in [5, 5.41) is 11.5. The van der Waals surface area contributed by atoms with Gasteiger partial charge in [0.1, 0.15) is 0 Å². The van der Waals surface area contributed by atoms with E-state index in [1.165, 1.54) is 0 Å². The van der Waals surface area contributed by atoms with Crippen molar-refractivity contribution in [1.29, 1.82) is 0 Å². The SMILES string of the molecule is O=C(CN1CCCCC1CCO)NC(=O)c1ccccc1. The summed E-state index contributed by atoms with van der Waals surface area (Å²) in [6, 6.07) is 8.95. The summed E-state index contributed by atoms with van der Waals surface area (Å²) < 4.78 is 0. The Bertz CT molecular complexity index is 474. The zero-order valence-corrected chi connectivity index (χ0v) is 12.1. The summed E-state index contributed by atoms with van der Waals surface area (Å²) in [7, 11) is 0. The molecule has 1 aromatic rings. The molecule has 0 bridgehead atoms. The van der Waals surface area contributed by atoms with Crippen LogP contribution in [0.2, 0.25) is 0 Å². The maximum Gasteiger partial charge on any atom is 0.257 e. The number of rotatable bonds is 5.